The first-order chi connectivity index (χ1) is 7.27. The van der Waals surface area contributed by atoms with Crippen molar-refractivity contribution in [2.45, 2.75) is 19.3 Å². The molecule has 1 fully saturated rings. The number of halogens is 1. The van der Waals surface area contributed by atoms with Crippen molar-refractivity contribution >= 4 is 5.91 Å². The molecule has 0 unspecified atom stereocenters. The second kappa shape index (κ2) is 6.18. The van der Waals surface area contributed by atoms with Crippen molar-refractivity contribution in [1.29, 1.82) is 0 Å². The van der Waals surface area contributed by atoms with E-state index in [-0.39, 0.29) is 29.9 Å². The topological polar surface area (TPSA) is 24.2 Å². The van der Waals surface area contributed by atoms with Crippen LogP contribution in [0.15, 0.2) is 24.5 Å². The number of nitrogens with zero attached hydrogens (tertiary/aromatic N) is 2. The molecule has 1 aliphatic rings. The van der Waals surface area contributed by atoms with Crippen molar-refractivity contribution in [2.24, 2.45) is 7.05 Å². The summed E-state index contributed by atoms with van der Waals surface area (Å²) in [6.45, 7) is 1.83. The largest absolute Gasteiger partial charge is 1.00 e. The highest BCUT2D eigenvalue weighted by molar-refractivity contribution is 5.93. The van der Waals surface area contributed by atoms with Gasteiger partial charge in [-0.2, -0.15) is 0 Å². The minimum Gasteiger partial charge on any atom is -1.00 e. The van der Waals surface area contributed by atoms with Crippen LogP contribution in [-0.2, 0) is 7.05 Å². The third kappa shape index (κ3) is 3.17. The highest BCUT2D eigenvalue weighted by Gasteiger charge is 2.19. The second-order valence-electron chi connectivity index (χ2n) is 4.11. The lowest BCUT2D eigenvalue weighted by molar-refractivity contribution is -0.671. The van der Waals surface area contributed by atoms with Crippen LogP contribution in [0.2, 0.25) is 0 Å². The molecule has 0 N–H and O–H groups in total. The standard InChI is InChI=1S/C12H17N2O.HI/c1-13-7-5-6-11(10-13)12(15)14-8-3-2-4-9-14;/h5-7,10H,2-4,8-9H2,1H3;1H/q+1;/p-1. The Morgan fingerprint density at radius 2 is 2.00 bits per heavy atom. The van der Waals surface area contributed by atoms with E-state index in [1.54, 1.807) is 0 Å². The second-order valence-corrected chi connectivity index (χ2v) is 4.11. The molecular weight excluding hydrogens is 315 g/mol. The van der Waals surface area contributed by atoms with Crippen LogP contribution in [0, 0.1) is 0 Å². The average Bonchev–Trinajstić information content (AvgIpc) is 2.29. The number of pyridine rings is 1. The predicted octanol–water partition coefficient (Wildman–Crippen LogP) is -1.86. The van der Waals surface area contributed by atoms with Gasteiger partial charge in [0.2, 0.25) is 0 Å². The number of likely N-dealkylation sites (tertiary alicyclic amines) is 1. The van der Waals surface area contributed by atoms with E-state index < -0.39 is 0 Å². The molecule has 1 saturated heterocycles. The number of aryl methyl sites for hydroxylation is 1. The number of aromatic nitrogens is 1. The summed E-state index contributed by atoms with van der Waals surface area (Å²) in [5, 5.41) is 0. The van der Waals surface area contributed by atoms with Gasteiger partial charge in [0.1, 0.15) is 12.6 Å². The normalized spacial score (nSPS) is 15.4. The third-order valence-corrected chi connectivity index (χ3v) is 2.83. The van der Waals surface area contributed by atoms with Crippen LogP contribution in [0.4, 0.5) is 0 Å². The zero-order chi connectivity index (χ0) is 10.7. The quantitative estimate of drug-likeness (QED) is 0.437. The van der Waals surface area contributed by atoms with E-state index >= 15 is 0 Å². The average molecular weight is 332 g/mol. The first kappa shape index (κ1) is 13.4. The summed E-state index contributed by atoms with van der Waals surface area (Å²) in [5.41, 5.74) is 0.793. The van der Waals surface area contributed by atoms with E-state index in [0.717, 1.165) is 31.5 Å². The van der Waals surface area contributed by atoms with Gasteiger partial charge in [0.05, 0.1) is 0 Å². The molecule has 0 saturated carbocycles. The predicted molar refractivity (Wildman–Crippen MR) is 57.4 cm³/mol. The van der Waals surface area contributed by atoms with Gasteiger partial charge in [0.15, 0.2) is 12.4 Å². The SMILES string of the molecule is C[n+]1cccc(C(=O)N2CCCCC2)c1.[I-]. The molecule has 0 aliphatic carbocycles. The van der Waals surface area contributed by atoms with Gasteiger partial charge in [-0.05, 0) is 25.3 Å². The van der Waals surface area contributed by atoms with Crippen LogP contribution >= 0.6 is 0 Å². The fourth-order valence-corrected chi connectivity index (χ4v) is 1.99. The molecule has 0 atom stereocenters. The number of amides is 1. The van der Waals surface area contributed by atoms with Crippen molar-refractivity contribution in [3.63, 3.8) is 0 Å². The molecule has 1 amide bonds. The van der Waals surface area contributed by atoms with Gasteiger partial charge in [0.25, 0.3) is 5.91 Å². The first-order valence-corrected chi connectivity index (χ1v) is 5.52. The Hall–Kier alpha value is -0.650. The summed E-state index contributed by atoms with van der Waals surface area (Å²) in [7, 11) is 1.94. The molecule has 0 bridgehead atoms. The molecule has 0 radical (unpaired) electrons. The fourth-order valence-electron chi connectivity index (χ4n) is 1.99. The number of piperidine rings is 1. The van der Waals surface area contributed by atoms with Crippen molar-refractivity contribution in [3.05, 3.63) is 30.1 Å². The van der Waals surface area contributed by atoms with Crippen LogP contribution in [0.5, 0.6) is 0 Å². The maximum atomic E-state index is 12.1. The molecule has 1 aliphatic heterocycles. The zero-order valence-electron chi connectivity index (χ0n) is 9.53. The highest BCUT2D eigenvalue weighted by atomic mass is 127. The van der Waals surface area contributed by atoms with E-state index in [9.17, 15) is 4.79 Å². The van der Waals surface area contributed by atoms with E-state index in [0.29, 0.717) is 0 Å². The van der Waals surface area contributed by atoms with Gasteiger partial charge in [-0.1, -0.05) is 0 Å². The number of hydrogen-bond donors (Lipinski definition) is 0. The molecule has 3 nitrogen and oxygen atoms in total. The van der Waals surface area contributed by atoms with E-state index in [2.05, 4.69) is 0 Å². The van der Waals surface area contributed by atoms with Gasteiger partial charge in [-0.3, -0.25) is 4.79 Å². The first-order valence-electron chi connectivity index (χ1n) is 5.52. The van der Waals surface area contributed by atoms with Crippen LogP contribution in [0.1, 0.15) is 29.6 Å². The van der Waals surface area contributed by atoms with Gasteiger partial charge < -0.3 is 28.9 Å². The molecule has 2 heterocycles. The third-order valence-electron chi connectivity index (χ3n) is 2.83. The lowest BCUT2D eigenvalue weighted by Crippen LogP contribution is -3.00. The summed E-state index contributed by atoms with van der Waals surface area (Å²) in [4.78, 5) is 14.0. The minimum absolute atomic E-state index is 0. The summed E-state index contributed by atoms with van der Waals surface area (Å²) < 4.78 is 1.91. The van der Waals surface area contributed by atoms with Gasteiger partial charge in [-0.25, -0.2) is 4.57 Å². The molecule has 2 rings (SSSR count). The van der Waals surface area contributed by atoms with Gasteiger partial charge in [0, 0.05) is 19.2 Å². The van der Waals surface area contributed by atoms with Crippen LogP contribution in [0.25, 0.3) is 0 Å². The van der Waals surface area contributed by atoms with Gasteiger partial charge >= 0.3 is 0 Å². The number of carbonyl (C=O) groups is 1. The van der Waals surface area contributed by atoms with E-state index in [1.807, 2.05) is 41.0 Å². The van der Waals surface area contributed by atoms with Gasteiger partial charge in [-0.15, -0.1) is 0 Å². The Labute approximate surface area is 113 Å². The van der Waals surface area contributed by atoms with Crippen molar-refractivity contribution in [2.75, 3.05) is 13.1 Å². The molecule has 0 spiro atoms. The molecule has 1 aromatic rings. The van der Waals surface area contributed by atoms with Crippen molar-refractivity contribution in [3.8, 4) is 0 Å². The number of hydrogen-bond acceptors (Lipinski definition) is 1. The summed E-state index contributed by atoms with van der Waals surface area (Å²) in [6.07, 6.45) is 7.37. The molecule has 4 heteroatoms. The monoisotopic (exact) mass is 332 g/mol. The Morgan fingerprint density at radius 1 is 1.31 bits per heavy atom. The summed E-state index contributed by atoms with van der Waals surface area (Å²) >= 11 is 0. The molecule has 88 valence electrons. The summed E-state index contributed by atoms with van der Waals surface area (Å²) in [5.74, 6) is 0.172. The van der Waals surface area contributed by atoms with Crippen molar-refractivity contribution < 1.29 is 33.3 Å². The lowest BCUT2D eigenvalue weighted by atomic mass is 10.1. The summed E-state index contributed by atoms with van der Waals surface area (Å²) in [6, 6.07) is 3.80. The Kier molecular flexibility index (Phi) is 5.18. The number of carbonyl (C=O) groups excluding carboxylic acids is 1. The van der Waals surface area contributed by atoms with E-state index in [4.69, 9.17) is 0 Å². The van der Waals surface area contributed by atoms with E-state index in [1.165, 1.54) is 6.42 Å². The van der Waals surface area contributed by atoms with Crippen LogP contribution in [0.3, 0.4) is 0 Å². The maximum absolute atomic E-state index is 12.1. The maximum Gasteiger partial charge on any atom is 0.259 e. The Morgan fingerprint density at radius 3 is 2.62 bits per heavy atom. The zero-order valence-corrected chi connectivity index (χ0v) is 11.7. The minimum atomic E-state index is 0. The molecular formula is C12H17IN2O. The molecule has 16 heavy (non-hydrogen) atoms. The van der Waals surface area contributed by atoms with Crippen LogP contribution < -0.4 is 28.5 Å². The highest BCUT2D eigenvalue weighted by Crippen LogP contribution is 2.11. The molecule has 1 aromatic heterocycles. The Bertz CT molecular complexity index is 362. The van der Waals surface area contributed by atoms with Crippen LogP contribution in [-0.4, -0.2) is 23.9 Å². The van der Waals surface area contributed by atoms with Crippen molar-refractivity contribution in [1.82, 2.24) is 4.90 Å². The number of rotatable bonds is 1. The molecule has 0 aromatic carbocycles. The Balaban J connectivity index is 0.00000128. The lowest BCUT2D eigenvalue weighted by Gasteiger charge is -2.26. The smallest absolute Gasteiger partial charge is 0.259 e. The fraction of sp³-hybridized carbons (Fsp3) is 0.500.